The first-order valence-electron chi connectivity index (χ1n) is 10.00. The number of amides is 2. The fraction of sp³-hybridized carbons (Fsp3) is 0.591. The Hall–Kier alpha value is -2.35. The van der Waals surface area contributed by atoms with Gasteiger partial charge in [-0.25, -0.2) is 0 Å². The monoisotopic (exact) mass is 367 g/mol. The summed E-state index contributed by atoms with van der Waals surface area (Å²) in [5.74, 6) is 0.873. The summed E-state index contributed by atoms with van der Waals surface area (Å²) >= 11 is 0. The molecule has 0 bridgehead atoms. The zero-order valence-electron chi connectivity index (χ0n) is 16.4. The van der Waals surface area contributed by atoms with E-state index in [9.17, 15) is 9.59 Å². The van der Waals surface area contributed by atoms with Crippen LogP contribution in [-0.2, 0) is 4.79 Å². The molecule has 2 heterocycles. The summed E-state index contributed by atoms with van der Waals surface area (Å²) in [4.78, 5) is 29.3. The molecule has 0 unspecified atom stereocenters. The molecule has 1 aromatic carbocycles. The molecular weight excluding hydrogens is 338 g/mol. The van der Waals surface area contributed by atoms with Crippen molar-refractivity contribution in [1.82, 2.24) is 9.80 Å². The third-order valence-electron chi connectivity index (χ3n) is 5.93. The largest absolute Gasteiger partial charge is 0.342 e. The standard InChI is InChI=1S/C22H29N3O2/c1-17(2)9-13-24-15-22(11-8-20(24)26)10-3-12-25(16-22)21(27)19-6-4-18(14-23)5-7-19/h4-7,17H,3,8-13,15-16H2,1-2H3/t22-/m1/s1. The molecule has 5 nitrogen and oxygen atoms in total. The first kappa shape index (κ1) is 19.4. The second-order valence-electron chi connectivity index (χ2n) is 8.52. The van der Waals surface area contributed by atoms with Crippen LogP contribution >= 0.6 is 0 Å². The van der Waals surface area contributed by atoms with Crippen LogP contribution in [0.25, 0.3) is 0 Å². The number of carbonyl (C=O) groups excluding carboxylic acids is 2. The van der Waals surface area contributed by atoms with E-state index in [1.54, 1.807) is 24.3 Å². The number of nitriles is 1. The summed E-state index contributed by atoms with van der Waals surface area (Å²) < 4.78 is 0. The van der Waals surface area contributed by atoms with Crippen molar-refractivity contribution in [3.63, 3.8) is 0 Å². The van der Waals surface area contributed by atoms with Crippen molar-refractivity contribution in [2.45, 2.75) is 46.0 Å². The Kier molecular flexibility index (Phi) is 5.84. The van der Waals surface area contributed by atoms with Gasteiger partial charge in [-0.1, -0.05) is 13.8 Å². The van der Waals surface area contributed by atoms with Crippen LogP contribution in [0.1, 0.15) is 61.9 Å². The Morgan fingerprint density at radius 2 is 1.96 bits per heavy atom. The van der Waals surface area contributed by atoms with Gasteiger partial charge in [-0.2, -0.15) is 5.26 Å². The average Bonchev–Trinajstić information content (AvgIpc) is 2.68. The lowest BCUT2D eigenvalue weighted by molar-refractivity contribution is -0.139. The summed E-state index contributed by atoms with van der Waals surface area (Å²) in [5, 5.41) is 8.93. The topological polar surface area (TPSA) is 64.4 Å². The molecule has 2 fully saturated rings. The Labute approximate surface area is 161 Å². The summed E-state index contributed by atoms with van der Waals surface area (Å²) in [7, 11) is 0. The lowest BCUT2D eigenvalue weighted by atomic mass is 9.73. The third kappa shape index (κ3) is 4.50. The molecule has 0 aliphatic carbocycles. The maximum absolute atomic E-state index is 12.9. The van der Waals surface area contributed by atoms with E-state index in [0.717, 1.165) is 51.9 Å². The molecule has 2 aliphatic rings. The van der Waals surface area contributed by atoms with Crippen molar-refractivity contribution in [3.05, 3.63) is 35.4 Å². The highest BCUT2D eigenvalue weighted by molar-refractivity contribution is 5.94. The molecule has 1 aromatic rings. The Balaban J connectivity index is 1.69. The van der Waals surface area contributed by atoms with Crippen molar-refractivity contribution in [1.29, 1.82) is 5.26 Å². The normalized spacial score (nSPS) is 23.0. The zero-order valence-corrected chi connectivity index (χ0v) is 16.4. The van der Waals surface area contributed by atoms with Gasteiger partial charge < -0.3 is 9.80 Å². The first-order valence-corrected chi connectivity index (χ1v) is 10.00. The molecular formula is C22H29N3O2. The predicted octanol–water partition coefficient (Wildman–Crippen LogP) is 3.45. The van der Waals surface area contributed by atoms with Crippen LogP contribution in [0.4, 0.5) is 0 Å². The quantitative estimate of drug-likeness (QED) is 0.819. The number of piperidine rings is 2. The molecule has 2 aliphatic heterocycles. The van der Waals surface area contributed by atoms with Gasteiger partial charge in [0.15, 0.2) is 0 Å². The van der Waals surface area contributed by atoms with Gasteiger partial charge in [-0.15, -0.1) is 0 Å². The highest BCUT2D eigenvalue weighted by Crippen LogP contribution is 2.39. The van der Waals surface area contributed by atoms with E-state index in [1.165, 1.54) is 0 Å². The first-order chi connectivity index (χ1) is 12.9. The molecule has 2 saturated heterocycles. The van der Waals surface area contributed by atoms with Gasteiger partial charge in [-0.05, 0) is 55.9 Å². The van der Waals surface area contributed by atoms with Crippen molar-refractivity contribution >= 4 is 11.8 Å². The predicted molar refractivity (Wildman–Crippen MR) is 104 cm³/mol. The Morgan fingerprint density at radius 3 is 2.63 bits per heavy atom. The van der Waals surface area contributed by atoms with E-state index in [1.807, 2.05) is 9.80 Å². The summed E-state index contributed by atoms with van der Waals surface area (Å²) in [6.45, 7) is 7.45. The van der Waals surface area contributed by atoms with E-state index in [0.29, 0.717) is 23.5 Å². The molecule has 144 valence electrons. The van der Waals surface area contributed by atoms with Crippen molar-refractivity contribution in [2.24, 2.45) is 11.3 Å². The molecule has 5 heteroatoms. The van der Waals surface area contributed by atoms with E-state index < -0.39 is 0 Å². The van der Waals surface area contributed by atoms with E-state index in [-0.39, 0.29) is 17.2 Å². The molecule has 0 aromatic heterocycles. The highest BCUT2D eigenvalue weighted by atomic mass is 16.2. The van der Waals surface area contributed by atoms with Crippen molar-refractivity contribution < 1.29 is 9.59 Å². The number of hydrogen-bond donors (Lipinski definition) is 0. The lowest BCUT2D eigenvalue weighted by Crippen LogP contribution is -2.55. The SMILES string of the molecule is CC(C)CCN1C[C@@]2(CCCN(C(=O)c3ccc(C#N)cc3)C2)CCC1=O. The maximum atomic E-state index is 12.9. The van der Waals surface area contributed by atoms with Gasteiger partial charge in [0, 0.05) is 43.6 Å². The van der Waals surface area contributed by atoms with Crippen LogP contribution in [0.3, 0.4) is 0 Å². The third-order valence-corrected chi connectivity index (χ3v) is 5.93. The number of hydrogen-bond acceptors (Lipinski definition) is 3. The summed E-state index contributed by atoms with van der Waals surface area (Å²) in [6, 6.07) is 8.95. The van der Waals surface area contributed by atoms with E-state index in [4.69, 9.17) is 5.26 Å². The van der Waals surface area contributed by atoms with Crippen LogP contribution < -0.4 is 0 Å². The number of benzene rings is 1. The fourth-order valence-electron chi connectivity index (χ4n) is 4.30. The van der Waals surface area contributed by atoms with Crippen LogP contribution in [-0.4, -0.2) is 47.8 Å². The van der Waals surface area contributed by atoms with Crippen LogP contribution in [0.2, 0.25) is 0 Å². The average molecular weight is 367 g/mol. The fourth-order valence-corrected chi connectivity index (χ4v) is 4.30. The maximum Gasteiger partial charge on any atom is 0.253 e. The van der Waals surface area contributed by atoms with Gasteiger partial charge >= 0.3 is 0 Å². The molecule has 0 N–H and O–H groups in total. The van der Waals surface area contributed by atoms with Gasteiger partial charge in [0.05, 0.1) is 11.6 Å². The molecule has 1 spiro atoms. The van der Waals surface area contributed by atoms with Crippen molar-refractivity contribution in [2.75, 3.05) is 26.2 Å². The lowest BCUT2D eigenvalue weighted by Gasteiger charge is -2.48. The minimum Gasteiger partial charge on any atom is -0.342 e. The van der Waals surface area contributed by atoms with Crippen LogP contribution in [0.15, 0.2) is 24.3 Å². The molecule has 0 saturated carbocycles. The van der Waals surface area contributed by atoms with E-state index in [2.05, 4.69) is 19.9 Å². The highest BCUT2D eigenvalue weighted by Gasteiger charge is 2.42. The number of rotatable bonds is 4. The molecule has 3 rings (SSSR count). The molecule has 27 heavy (non-hydrogen) atoms. The molecule has 0 radical (unpaired) electrons. The van der Waals surface area contributed by atoms with Crippen LogP contribution in [0.5, 0.6) is 0 Å². The minimum atomic E-state index is 0.0317. The molecule has 1 atom stereocenters. The Morgan fingerprint density at radius 1 is 1.22 bits per heavy atom. The van der Waals surface area contributed by atoms with E-state index >= 15 is 0 Å². The number of carbonyl (C=O) groups is 2. The minimum absolute atomic E-state index is 0.0317. The number of nitrogens with zero attached hydrogens (tertiary/aromatic N) is 3. The smallest absolute Gasteiger partial charge is 0.253 e. The second-order valence-corrected chi connectivity index (χ2v) is 8.52. The van der Waals surface area contributed by atoms with Crippen molar-refractivity contribution in [3.8, 4) is 6.07 Å². The van der Waals surface area contributed by atoms with Gasteiger partial charge in [0.25, 0.3) is 5.91 Å². The Bertz CT molecular complexity index is 735. The zero-order chi connectivity index (χ0) is 19.4. The summed E-state index contributed by atoms with van der Waals surface area (Å²) in [5.41, 5.74) is 1.23. The molecule has 2 amide bonds. The van der Waals surface area contributed by atoms with Gasteiger partial charge in [0.2, 0.25) is 5.91 Å². The summed E-state index contributed by atoms with van der Waals surface area (Å²) in [6.07, 6.45) is 4.55. The number of likely N-dealkylation sites (tertiary alicyclic amines) is 2. The van der Waals surface area contributed by atoms with Crippen LogP contribution in [0, 0.1) is 22.7 Å². The second kappa shape index (κ2) is 8.12. The van der Waals surface area contributed by atoms with Gasteiger partial charge in [0.1, 0.15) is 0 Å². The van der Waals surface area contributed by atoms with Gasteiger partial charge in [-0.3, -0.25) is 9.59 Å².